The minimum Gasteiger partial charge on any atom is -0.383 e. The Hall–Kier alpha value is -2.13. The standard InChI is InChI=1S/C22H40N6O3/c1-6-7-10-27(18(29)14-26-11-8-17(9-12-26)24-16(4)5)19-20(23)28(13-15(2)3)22(31)25-21(19)30/h15-17,24H,6-14,23H2,1-5H3,(H,25,30,31). The molecule has 31 heavy (non-hydrogen) atoms. The predicted molar refractivity (Wildman–Crippen MR) is 126 cm³/mol. The molecule has 1 fully saturated rings. The Labute approximate surface area is 185 Å². The fraction of sp³-hybridized carbons (Fsp3) is 0.773. The number of nitrogen functional groups attached to an aromatic ring is 1. The maximum atomic E-state index is 13.3. The molecule has 0 spiro atoms. The number of carbonyl (C=O) groups is 1. The third kappa shape index (κ3) is 6.93. The first-order chi connectivity index (χ1) is 14.6. The third-order valence-corrected chi connectivity index (χ3v) is 5.58. The number of piperidine rings is 1. The number of amides is 1. The van der Waals surface area contributed by atoms with Gasteiger partial charge in [-0.2, -0.15) is 0 Å². The number of rotatable bonds is 10. The van der Waals surface area contributed by atoms with Crippen molar-refractivity contribution in [2.75, 3.05) is 36.8 Å². The van der Waals surface area contributed by atoms with Crippen LogP contribution in [0.3, 0.4) is 0 Å². The highest BCUT2D eigenvalue weighted by Crippen LogP contribution is 2.20. The van der Waals surface area contributed by atoms with Gasteiger partial charge >= 0.3 is 5.69 Å². The molecule has 1 aliphatic heterocycles. The van der Waals surface area contributed by atoms with E-state index in [4.69, 9.17) is 5.73 Å². The zero-order chi connectivity index (χ0) is 23.1. The van der Waals surface area contributed by atoms with Gasteiger partial charge in [-0.1, -0.05) is 41.0 Å². The number of likely N-dealkylation sites (tertiary alicyclic amines) is 1. The van der Waals surface area contributed by atoms with Crippen LogP contribution in [0.1, 0.15) is 60.3 Å². The zero-order valence-corrected chi connectivity index (χ0v) is 19.7. The van der Waals surface area contributed by atoms with E-state index in [-0.39, 0.29) is 29.9 Å². The highest BCUT2D eigenvalue weighted by atomic mass is 16.2. The van der Waals surface area contributed by atoms with Crippen molar-refractivity contribution in [2.45, 2.75) is 78.9 Å². The Morgan fingerprint density at radius 2 is 1.87 bits per heavy atom. The molecule has 1 saturated heterocycles. The Balaban J connectivity index is 2.23. The maximum Gasteiger partial charge on any atom is 0.330 e. The molecule has 2 rings (SSSR count). The molecule has 9 heteroatoms. The summed E-state index contributed by atoms with van der Waals surface area (Å²) in [5.41, 5.74) is 5.22. The Kier molecular flexibility index (Phi) is 9.31. The Morgan fingerprint density at radius 3 is 2.42 bits per heavy atom. The van der Waals surface area contributed by atoms with Crippen LogP contribution < -0.4 is 27.2 Å². The highest BCUT2D eigenvalue weighted by molar-refractivity contribution is 5.96. The number of nitrogens with two attached hydrogens (primary N) is 1. The van der Waals surface area contributed by atoms with Gasteiger partial charge in [-0.25, -0.2) is 4.79 Å². The second-order valence-corrected chi connectivity index (χ2v) is 9.27. The van der Waals surface area contributed by atoms with Crippen LogP contribution in [0.4, 0.5) is 11.5 Å². The van der Waals surface area contributed by atoms with Crippen LogP contribution in [0.2, 0.25) is 0 Å². The molecule has 0 saturated carbocycles. The fourth-order valence-corrected chi connectivity index (χ4v) is 4.07. The van der Waals surface area contributed by atoms with Crippen LogP contribution >= 0.6 is 0 Å². The molecule has 4 N–H and O–H groups in total. The number of hydrogen-bond acceptors (Lipinski definition) is 6. The third-order valence-electron chi connectivity index (χ3n) is 5.58. The molecule has 1 aromatic rings. The van der Waals surface area contributed by atoms with E-state index >= 15 is 0 Å². The van der Waals surface area contributed by atoms with E-state index in [2.05, 4.69) is 29.0 Å². The molecule has 1 aromatic heterocycles. The van der Waals surface area contributed by atoms with Crippen LogP contribution in [0, 0.1) is 5.92 Å². The lowest BCUT2D eigenvalue weighted by molar-refractivity contribution is -0.120. The van der Waals surface area contributed by atoms with E-state index < -0.39 is 11.2 Å². The number of aromatic amines is 1. The number of anilines is 2. The topological polar surface area (TPSA) is 116 Å². The second-order valence-electron chi connectivity index (χ2n) is 9.27. The quantitative estimate of drug-likeness (QED) is 0.510. The zero-order valence-electron chi connectivity index (χ0n) is 19.7. The van der Waals surface area contributed by atoms with Gasteiger partial charge in [-0.15, -0.1) is 0 Å². The molecule has 0 aromatic carbocycles. The average molecular weight is 437 g/mol. The monoisotopic (exact) mass is 436 g/mol. The second kappa shape index (κ2) is 11.5. The van der Waals surface area contributed by atoms with Crippen molar-refractivity contribution < 1.29 is 4.79 Å². The van der Waals surface area contributed by atoms with Crippen molar-refractivity contribution >= 4 is 17.4 Å². The van der Waals surface area contributed by atoms with E-state index in [9.17, 15) is 14.4 Å². The molecule has 1 aliphatic rings. The first-order valence-corrected chi connectivity index (χ1v) is 11.5. The van der Waals surface area contributed by atoms with Crippen molar-refractivity contribution in [1.82, 2.24) is 19.8 Å². The van der Waals surface area contributed by atoms with Crippen LogP contribution in [0.5, 0.6) is 0 Å². The van der Waals surface area contributed by atoms with Gasteiger partial charge in [0.25, 0.3) is 5.56 Å². The van der Waals surface area contributed by atoms with Crippen LogP contribution in [-0.4, -0.2) is 58.6 Å². The molecular weight excluding hydrogens is 396 g/mol. The lowest BCUT2D eigenvalue weighted by atomic mass is 10.0. The van der Waals surface area contributed by atoms with Crippen molar-refractivity contribution in [3.63, 3.8) is 0 Å². The van der Waals surface area contributed by atoms with Crippen molar-refractivity contribution in [2.24, 2.45) is 5.92 Å². The summed E-state index contributed by atoms with van der Waals surface area (Å²) in [4.78, 5) is 44.2. The Bertz CT molecular complexity index is 837. The first kappa shape index (κ1) is 25.1. The van der Waals surface area contributed by atoms with Gasteiger partial charge in [-0.3, -0.25) is 24.0 Å². The maximum absolute atomic E-state index is 13.3. The lowest BCUT2D eigenvalue weighted by Crippen LogP contribution is -2.49. The summed E-state index contributed by atoms with van der Waals surface area (Å²) in [6.07, 6.45) is 3.60. The van der Waals surface area contributed by atoms with Crippen LogP contribution in [0.15, 0.2) is 9.59 Å². The smallest absolute Gasteiger partial charge is 0.330 e. The van der Waals surface area contributed by atoms with Gasteiger partial charge in [0, 0.05) is 38.3 Å². The molecule has 1 amide bonds. The number of H-pyrrole nitrogens is 1. The number of nitrogens with zero attached hydrogens (tertiary/aromatic N) is 3. The first-order valence-electron chi connectivity index (χ1n) is 11.5. The Morgan fingerprint density at radius 1 is 1.23 bits per heavy atom. The summed E-state index contributed by atoms with van der Waals surface area (Å²) in [7, 11) is 0. The summed E-state index contributed by atoms with van der Waals surface area (Å²) in [5, 5.41) is 3.56. The van der Waals surface area contributed by atoms with Gasteiger partial charge in [0.2, 0.25) is 5.91 Å². The van der Waals surface area contributed by atoms with Crippen LogP contribution in [0.25, 0.3) is 0 Å². The summed E-state index contributed by atoms with van der Waals surface area (Å²) in [5.74, 6) is 0.0710. The minimum atomic E-state index is -0.605. The van der Waals surface area contributed by atoms with Crippen molar-refractivity contribution in [1.29, 1.82) is 0 Å². The molecule has 2 heterocycles. The summed E-state index contributed by atoms with van der Waals surface area (Å²) in [6, 6.07) is 0.916. The van der Waals surface area contributed by atoms with Gasteiger partial charge < -0.3 is 16.0 Å². The van der Waals surface area contributed by atoms with E-state index in [0.717, 1.165) is 38.8 Å². The van der Waals surface area contributed by atoms with E-state index in [1.807, 2.05) is 20.8 Å². The summed E-state index contributed by atoms with van der Waals surface area (Å²) in [6.45, 7) is 12.9. The summed E-state index contributed by atoms with van der Waals surface area (Å²) >= 11 is 0. The van der Waals surface area contributed by atoms with Gasteiger partial charge in [-0.05, 0) is 25.2 Å². The van der Waals surface area contributed by atoms with Crippen LogP contribution in [-0.2, 0) is 11.3 Å². The van der Waals surface area contributed by atoms with E-state index in [1.165, 1.54) is 9.47 Å². The number of nitrogens with one attached hydrogen (secondary N) is 2. The molecule has 176 valence electrons. The summed E-state index contributed by atoms with van der Waals surface area (Å²) < 4.78 is 1.36. The molecule has 9 nitrogen and oxygen atoms in total. The molecule has 0 unspecified atom stereocenters. The number of aromatic nitrogens is 2. The molecular formula is C22H40N6O3. The van der Waals surface area contributed by atoms with E-state index in [0.29, 0.717) is 25.2 Å². The van der Waals surface area contributed by atoms with E-state index in [1.54, 1.807) is 0 Å². The largest absolute Gasteiger partial charge is 0.383 e. The number of carbonyl (C=O) groups excluding carboxylic acids is 1. The number of unbranched alkanes of at least 4 members (excludes halogenated alkanes) is 1. The minimum absolute atomic E-state index is 0.0618. The molecule has 0 aliphatic carbocycles. The fourth-order valence-electron chi connectivity index (χ4n) is 4.07. The van der Waals surface area contributed by atoms with Gasteiger partial charge in [0.05, 0.1) is 6.54 Å². The van der Waals surface area contributed by atoms with Gasteiger partial charge in [0.15, 0.2) is 5.69 Å². The predicted octanol–water partition coefficient (Wildman–Crippen LogP) is 1.37. The van der Waals surface area contributed by atoms with Crippen molar-refractivity contribution in [3.05, 3.63) is 20.8 Å². The van der Waals surface area contributed by atoms with Gasteiger partial charge in [0.1, 0.15) is 5.82 Å². The average Bonchev–Trinajstić information content (AvgIpc) is 2.68. The lowest BCUT2D eigenvalue weighted by Gasteiger charge is -2.34. The molecule has 0 atom stereocenters. The SMILES string of the molecule is CCCCN(C(=O)CN1CCC(NC(C)C)CC1)c1c(N)n(CC(C)C)c(=O)[nH]c1=O. The number of hydrogen-bond donors (Lipinski definition) is 3. The highest BCUT2D eigenvalue weighted by Gasteiger charge is 2.27. The molecule has 0 radical (unpaired) electrons. The van der Waals surface area contributed by atoms with Crippen molar-refractivity contribution in [3.8, 4) is 0 Å². The normalized spacial score (nSPS) is 15.7. The molecule has 0 bridgehead atoms.